The van der Waals surface area contributed by atoms with Gasteiger partial charge in [-0.1, -0.05) is 12.8 Å². The van der Waals surface area contributed by atoms with E-state index in [-0.39, 0.29) is 0 Å². The zero-order valence-electron chi connectivity index (χ0n) is 7.92. The second-order valence-electron chi connectivity index (χ2n) is 3.64. The van der Waals surface area contributed by atoms with Crippen LogP contribution >= 0.6 is 0 Å². The van der Waals surface area contributed by atoms with E-state index >= 15 is 0 Å². The Bertz CT molecular complexity index is 160. The minimum Gasteiger partial charge on any atom is -0.300 e. The highest BCUT2D eigenvalue weighted by molar-refractivity contribution is 4.77. The Kier molecular flexibility index (Phi) is 4.10. The minimum atomic E-state index is 0.685. The van der Waals surface area contributed by atoms with Gasteiger partial charge < -0.3 is 0 Å². The van der Waals surface area contributed by atoms with Crippen LogP contribution in [0.5, 0.6) is 0 Å². The van der Waals surface area contributed by atoms with Gasteiger partial charge in [-0.3, -0.25) is 4.90 Å². The molecule has 0 N–H and O–H groups in total. The van der Waals surface area contributed by atoms with Crippen LogP contribution in [0.1, 0.15) is 39.0 Å². The van der Waals surface area contributed by atoms with E-state index in [1.165, 1.54) is 32.2 Å². The van der Waals surface area contributed by atoms with Gasteiger partial charge in [-0.05, 0) is 26.3 Å². The molecule has 12 heavy (non-hydrogen) atoms. The first-order valence-electron chi connectivity index (χ1n) is 4.95. The van der Waals surface area contributed by atoms with E-state index in [4.69, 9.17) is 5.26 Å². The molecule has 1 aliphatic rings. The molecule has 0 aromatic rings. The molecule has 0 radical (unpaired) electrons. The summed E-state index contributed by atoms with van der Waals surface area (Å²) in [5.74, 6) is 0. The zero-order valence-corrected chi connectivity index (χ0v) is 7.92. The second-order valence-corrected chi connectivity index (χ2v) is 3.64. The van der Waals surface area contributed by atoms with Crippen molar-refractivity contribution in [3.05, 3.63) is 0 Å². The number of nitrogens with zero attached hydrogens (tertiary/aromatic N) is 2. The van der Waals surface area contributed by atoms with Gasteiger partial charge >= 0.3 is 0 Å². The van der Waals surface area contributed by atoms with Crippen molar-refractivity contribution in [3.63, 3.8) is 0 Å². The van der Waals surface area contributed by atoms with E-state index < -0.39 is 0 Å². The first kappa shape index (κ1) is 9.54. The van der Waals surface area contributed by atoms with E-state index in [1.807, 2.05) is 0 Å². The number of hydrogen-bond acceptors (Lipinski definition) is 2. The molecular formula is C10H18N2. The fourth-order valence-corrected chi connectivity index (χ4v) is 1.86. The number of hydrogen-bond donors (Lipinski definition) is 0. The molecule has 2 heteroatoms. The quantitative estimate of drug-likeness (QED) is 0.628. The summed E-state index contributed by atoms with van der Waals surface area (Å²) in [6.45, 7) is 4.45. The van der Waals surface area contributed by atoms with Gasteiger partial charge in [-0.25, -0.2) is 0 Å². The Hall–Kier alpha value is -0.550. The fourth-order valence-electron chi connectivity index (χ4n) is 1.86. The van der Waals surface area contributed by atoms with E-state index in [1.54, 1.807) is 0 Å². The van der Waals surface area contributed by atoms with Crippen molar-refractivity contribution in [2.45, 2.75) is 45.1 Å². The molecular weight excluding hydrogens is 148 g/mol. The highest BCUT2D eigenvalue weighted by atomic mass is 15.1. The van der Waals surface area contributed by atoms with Crippen LogP contribution in [0.2, 0.25) is 0 Å². The summed E-state index contributed by atoms with van der Waals surface area (Å²) in [7, 11) is 0. The van der Waals surface area contributed by atoms with E-state index in [0.29, 0.717) is 12.5 Å². The third kappa shape index (κ3) is 2.83. The molecule has 1 fully saturated rings. The SMILES string of the molecule is CC1CCCCCN1CCC#N. The molecule has 2 nitrogen and oxygen atoms in total. The highest BCUT2D eigenvalue weighted by Gasteiger charge is 2.15. The highest BCUT2D eigenvalue weighted by Crippen LogP contribution is 2.15. The first-order valence-corrected chi connectivity index (χ1v) is 4.95. The molecule has 0 aromatic heterocycles. The number of likely N-dealkylation sites (tertiary alicyclic amines) is 1. The smallest absolute Gasteiger partial charge is 0.0635 e. The molecule has 1 saturated heterocycles. The molecule has 0 amide bonds. The maximum Gasteiger partial charge on any atom is 0.0635 e. The Balaban J connectivity index is 2.32. The third-order valence-corrected chi connectivity index (χ3v) is 2.70. The van der Waals surface area contributed by atoms with Gasteiger partial charge in [0.15, 0.2) is 0 Å². The van der Waals surface area contributed by atoms with Gasteiger partial charge in [-0.15, -0.1) is 0 Å². The Morgan fingerprint density at radius 2 is 2.25 bits per heavy atom. The van der Waals surface area contributed by atoms with Crippen molar-refractivity contribution in [3.8, 4) is 6.07 Å². The molecule has 1 unspecified atom stereocenters. The van der Waals surface area contributed by atoms with E-state index in [2.05, 4.69) is 17.9 Å². The summed E-state index contributed by atoms with van der Waals surface area (Å²) in [6.07, 6.45) is 6.04. The van der Waals surface area contributed by atoms with E-state index in [9.17, 15) is 0 Å². The van der Waals surface area contributed by atoms with Crippen molar-refractivity contribution in [1.29, 1.82) is 5.26 Å². The first-order chi connectivity index (χ1) is 5.84. The number of rotatable bonds is 2. The van der Waals surface area contributed by atoms with Crippen LogP contribution in [0.25, 0.3) is 0 Å². The van der Waals surface area contributed by atoms with Crippen LogP contribution in [0, 0.1) is 11.3 Å². The van der Waals surface area contributed by atoms with Crippen molar-refractivity contribution in [2.24, 2.45) is 0 Å². The largest absolute Gasteiger partial charge is 0.300 e. The van der Waals surface area contributed by atoms with Gasteiger partial charge in [0.2, 0.25) is 0 Å². The maximum atomic E-state index is 8.48. The molecule has 1 aliphatic heterocycles. The Morgan fingerprint density at radius 1 is 1.42 bits per heavy atom. The molecule has 0 saturated carbocycles. The van der Waals surface area contributed by atoms with Crippen molar-refractivity contribution < 1.29 is 0 Å². The molecule has 0 bridgehead atoms. The topological polar surface area (TPSA) is 27.0 Å². The summed E-state index contributed by atoms with van der Waals surface area (Å²) >= 11 is 0. The summed E-state index contributed by atoms with van der Waals surface area (Å²) in [4.78, 5) is 2.45. The third-order valence-electron chi connectivity index (χ3n) is 2.70. The molecule has 1 atom stereocenters. The van der Waals surface area contributed by atoms with Gasteiger partial charge in [-0.2, -0.15) is 5.26 Å². The van der Waals surface area contributed by atoms with Crippen LogP contribution in [0.4, 0.5) is 0 Å². The van der Waals surface area contributed by atoms with Gasteiger partial charge in [0.25, 0.3) is 0 Å². The minimum absolute atomic E-state index is 0.685. The predicted molar refractivity (Wildman–Crippen MR) is 49.7 cm³/mol. The van der Waals surface area contributed by atoms with Gasteiger partial charge in [0, 0.05) is 19.0 Å². The average molecular weight is 166 g/mol. The summed E-state index contributed by atoms with van der Waals surface area (Å²) in [5.41, 5.74) is 0. The summed E-state index contributed by atoms with van der Waals surface area (Å²) in [6, 6.07) is 2.91. The molecule has 1 heterocycles. The Labute approximate surface area is 75.2 Å². The van der Waals surface area contributed by atoms with Crippen LogP contribution in [-0.4, -0.2) is 24.0 Å². The van der Waals surface area contributed by atoms with Crippen LogP contribution in [-0.2, 0) is 0 Å². The molecule has 0 spiro atoms. The fraction of sp³-hybridized carbons (Fsp3) is 0.900. The van der Waals surface area contributed by atoms with Gasteiger partial charge in [0.05, 0.1) is 6.07 Å². The standard InChI is InChI=1S/C10H18N2/c1-10-6-3-2-4-8-12(10)9-5-7-11/h10H,2-6,8-9H2,1H3. The van der Waals surface area contributed by atoms with Crippen LogP contribution < -0.4 is 0 Å². The Morgan fingerprint density at radius 3 is 3.00 bits per heavy atom. The molecule has 1 rings (SSSR count). The van der Waals surface area contributed by atoms with Crippen LogP contribution in [0.3, 0.4) is 0 Å². The van der Waals surface area contributed by atoms with Crippen LogP contribution in [0.15, 0.2) is 0 Å². The lowest BCUT2D eigenvalue weighted by atomic mass is 10.1. The molecule has 0 aromatic carbocycles. The molecule has 0 aliphatic carbocycles. The lowest BCUT2D eigenvalue weighted by molar-refractivity contribution is 0.218. The van der Waals surface area contributed by atoms with Crippen molar-refractivity contribution >= 4 is 0 Å². The number of nitriles is 1. The summed E-state index contributed by atoms with van der Waals surface area (Å²) in [5, 5.41) is 8.48. The maximum absolute atomic E-state index is 8.48. The van der Waals surface area contributed by atoms with Gasteiger partial charge in [0.1, 0.15) is 0 Å². The lowest BCUT2D eigenvalue weighted by Gasteiger charge is -2.25. The normalized spacial score (nSPS) is 26.2. The van der Waals surface area contributed by atoms with Crippen molar-refractivity contribution in [1.82, 2.24) is 4.90 Å². The monoisotopic (exact) mass is 166 g/mol. The second kappa shape index (κ2) is 5.16. The zero-order chi connectivity index (χ0) is 8.81. The lowest BCUT2D eigenvalue weighted by Crippen LogP contribution is -2.33. The summed E-state index contributed by atoms with van der Waals surface area (Å²) < 4.78 is 0. The average Bonchev–Trinajstić information content (AvgIpc) is 2.27. The predicted octanol–water partition coefficient (Wildman–Crippen LogP) is 2.16. The molecule has 68 valence electrons. The van der Waals surface area contributed by atoms with E-state index in [0.717, 1.165) is 6.54 Å². The van der Waals surface area contributed by atoms with Crippen molar-refractivity contribution in [2.75, 3.05) is 13.1 Å².